The Labute approximate surface area is 88.9 Å². The van der Waals surface area contributed by atoms with Crippen LogP contribution in [0.1, 0.15) is 0 Å². The number of hydrogen-bond donors (Lipinski definition) is 0. The van der Waals surface area contributed by atoms with Crippen LogP contribution in [0.15, 0.2) is 0 Å². The third kappa shape index (κ3) is 2.62. The van der Waals surface area contributed by atoms with Crippen LogP contribution in [0.3, 0.4) is 0 Å². The first-order valence-electron chi connectivity index (χ1n) is 4.69. The van der Waals surface area contributed by atoms with Crippen molar-refractivity contribution in [2.45, 2.75) is 11.5 Å². The lowest BCUT2D eigenvalue weighted by atomic mass is 10.4. The van der Waals surface area contributed by atoms with Gasteiger partial charge in [0.15, 0.2) is 9.84 Å². The number of rotatable bonds is 3. The van der Waals surface area contributed by atoms with E-state index in [-0.39, 0.29) is 11.5 Å². The molecule has 0 aromatic carbocycles. The topological polar surface area (TPSA) is 49.9 Å². The van der Waals surface area contributed by atoms with Crippen molar-refractivity contribution in [2.75, 3.05) is 37.5 Å². The fraction of sp³-hybridized carbons (Fsp3) is 1.00. The maximum absolute atomic E-state index is 11.5. The van der Waals surface area contributed by atoms with E-state index >= 15 is 0 Å². The summed E-state index contributed by atoms with van der Waals surface area (Å²) in [6.45, 7) is 2.43. The second kappa shape index (κ2) is 4.00. The summed E-state index contributed by atoms with van der Waals surface area (Å²) in [6.07, 6.45) is 1.60. The van der Waals surface area contributed by atoms with Gasteiger partial charge >= 0.3 is 0 Å². The molecule has 14 heavy (non-hydrogen) atoms. The van der Waals surface area contributed by atoms with Gasteiger partial charge in [-0.1, -0.05) is 0 Å². The number of epoxide rings is 1. The fourth-order valence-corrected chi connectivity index (χ4v) is 4.61. The third-order valence-corrected chi connectivity index (χ3v) is 5.21. The number of thioether (sulfide) groups is 1. The maximum Gasteiger partial charge on any atom is 0.164 e. The van der Waals surface area contributed by atoms with E-state index in [0.29, 0.717) is 5.75 Å². The quantitative estimate of drug-likeness (QED) is 0.637. The second-order valence-corrected chi connectivity index (χ2v) is 7.16. The molecule has 0 radical (unpaired) electrons. The van der Waals surface area contributed by atoms with Crippen molar-refractivity contribution < 1.29 is 13.2 Å². The van der Waals surface area contributed by atoms with Crippen LogP contribution in [-0.2, 0) is 14.6 Å². The van der Waals surface area contributed by atoms with E-state index < -0.39 is 9.84 Å². The molecule has 0 bridgehead atoms. The highest BCUT2D eigenvalue weighted by atomic mass is 32.2. The Bertz CT molecular complexity index is 300. The summed E-state index contributed by atoms with van der Waals surface area (Å²) >= 11 is 1.72. The largest absolute Gasteiger partial charge is 0.372 e. The first kappa shape index (κ1) is 10.7. The summed E-state index contributed by atoms with van der Waals surface area (Å²) in [5.41, 5.74) is 0. The molecule has 2 atom stereocenters. The second-order valence-electron chi connectivity index (χ2n) is 3.81. The molecule has 2 unspecified atom stereocenters. The Hall–Kier alpha value is 0.220. The molecule has 2 heterocycles. The molecular formula is C8H15NO3S2. The third-order valence-electron chi connectivity index (χ3n) is 2.53. The van der Waals surface area contributed by atoms with Gasteiger partial charge in [0.1, 0.15) is 5.37 Å². The minimum atomic E-state index is -2.94. The molecule has 0 aliphatic carbocycles. The van der Waals surface area contributed by atoms with E-state index in [1.54, 1.807) is 11.8 Å². The van der Waals surface area contributed by atoms with Crippen molar-refractivity contribution in [3.05, 3.63) is 0 Å². The lowest BCUT2D eigenvalue weighted by Crippen LogP contribution is -2.48. The van der Waals surface area contributed by atoms with E-state index in [0.717, 1.165) is 25.4 Å². The van der Waals surface area contributed by atoms with Gasteiger partial charge in [0, 0.05) is 30.9 Å². The molecule has 0 aromatic heterocycles. The summed E-state index contributed by atoms with van der Waals surface area (Å²) in [4.78, 5) is 2.05. The van der Waals surface area contributed by atoms with Crippen molar-refractivity contribution in [1.29, 1.82) is 0 Å². The van der Waals surface area contributed by atoms with Crippen LogP contribution >= 0.6 is 11.8 Å². The van der Waals surface area contributed by atoms with Crippen molar-refractivity contribution in [2.24, 2.45) is 0 Å². The molecule has 2 saturated heterocycles. The molecule has 4 nitrogen and oxygen atoms in total. The van der Waals surface area contributed by atoms with Crippen LogP contribution in [0.2, 0.25) is 0 Å². The molecule has 2 fully saturated rings. The van der Waals surface area contributed by atoms with Crippen LogP contribution in [-0.4, -0.2) is 62.3 Å². The molecule has 2 aliphatic rings. The van der Waals surface area contributed by atoms with Crippen molar-refractivity contribution >= 4 is 21.6 Å². The Morgan fingerprint density at radius 2 is 2.29 bits per heavy atom. The average Bonchev–Trinajstić information content (AvgIpc) is 2.87. The zero-order valence-corrected chi connectivity index (χ0v) is 9.81. The summed E-state index contributed by atoms with van der Waals surface area (Å²) in [5, 5.41) is -0.301. The summed E-state index contributed by atoms with van der Waals surface area (Å²) < 4.78 is 28.1. The Morgan fingerprint density at radius 3 is 2.86 bits per heavy atom. The highest BCUT2D eigenvalue weighted by Gasteiger charge is 2.35. The van der Waals surface area contributed by atoms with Crippen molar-refractivity contribution in [3.63, 3.8) is 0 Å². The normalized spacial score (nSPS) is 34.4. The molecule has 0 spiro atoms. The molecule has 6 heteroatoms. The van der Waals surface area contributed by atoms with Gasteiger partial charge in [-0.3, -0.25) is 4.90 Å². The van der Waals surface area contributed by atoms with Crippen LogP contribution in [0.25, 0.3) is 0 Å². The first-order valence-corrected chi connectivity index (χ1v) is 7.80. The zero-order valence-electron chi connectivity index (χ0n) is 8.18. The van der Waals surface area contributed by atoms with E-state index in [1.807, 2.05) is 4.90 Å². The Morgan fingerprint density at radius 1 is 1.57 bits per heavy atom. The van der Waals surface area contributed by atoms with Gasteiger partial charge in [-0.2, -0.15) is 11.8 Å². The van der Waals surface area contributed by atoms with Gasteiger partial charge in [0.25, 0.3) is 0 Å². The van der Waals surface area contributed by atoms with Crippen LogP contribution in [0.4, 0.5) is 0 Å². The molecular weight excluding hydrogens is 222 g/mol. The van der Waals surface area contributed by atoms with Crippen molar-refractivity contribution in [3.8, 4) is 0 Å². The Kier molecular flexibility index (Phi) is 3.06. The highest BCUT2D eigenvalue weighted by molar-refractivity contribution is 8.00. The standard InChI is InChI=1S/C8H15NO3S2/c1-14(10,11)8-6-13-3-2-9(8)4-7-5-12-7/h7-8H,2-6H2,1H3. The minimum Gasteiger partial charge on any atom is -0.372 e. The SMILES string of the molecule is CS(=O)(=O)C1CSCCN1CC1CO1. The molecule has 0 saturated carbocycles. The van der Waals surface area contributed by atoms with Crippen LogP contribution in [0.5, 0.6) is 0 Å². The van der Waals surface area contributed by atoms with Gasteiger partial charge in [-0.25, -0.2) is 8.42 Å². The monoisotopic (exact) mass is 237 g/mol. The summed E-state index contributed by atoms with van der Waals surface area (Å²) in [7, 11) is -2.94. The summed E-state index contributed by atoms with van der Waals surface area (Å²) in [5.74, 6) is 1.73. The van der Waals surface area contributed by atoms with Crippen LogP contribution < -0.4 is 0 Å². The molecule has 0 amide bonds. The van der Waals surface area contributed by atoms with Gasteiger partial charge < -0.3 is 4.74 Å². The van der Waals surface area contributed by atoms with E-state index in [9.17, 15) is 8.42 Å². The van der Waals surface area contributed by atoms with E-state index in [1.165, 1.54) is 6.26 Å². The predicted octanol–water partition coefficient (Wildman–Crippen LogP) is -0.195. The average molecular weight is 237 g/mol. The lowest BCUT2D eigenvalue weighted by Gasteiger charge is -2.33. The fourth-order valence-electron chi connectivity index (χ4n) is 1.65. The first-order chi connectivity index (χ1) is 6.57. The van der Waals surface area contributed by atoms with Crippen molar-refractivity contribution in [1.82, 2.24) is 4.90 Å². The van der Waals surface area contributed by atoms with Gasteiger partial charge in [0.05, 0.1) is 12.7 Å². The zero-order chi connectivity index (χ0) is 10.2. The number of nitrogens with zero attached hydrogens (tertiary/aromatic N) is 1. The summed E-state index contributed by atoms with van der Waals surface area (Å²) in [6, 6.07) is 0. The highest BCUT2D eigenvalue weighted by Crippen LogP contribution is 2.22. The molecule has 0 aromatic rings. The Balaban J connectivity index is 2.02. The molecule has 0 N–H and O–H groups in total. The predicted molar refractivity (Wildman–Crippen MR) is 57.3 cm³/mol. The maximum atomic E-state index is 11.5. The number of hydrogen-bond acceptors (Lipinski definition) is 5. The molecule has 82 valence electrons. The van der Waals surface area contributed by atoms with Gasteiger partial charge in [0.2, 0.25) is 0 Å². The molecule has 2 aliphatic heterocycles. The smallest absolute Gasteiger partial charge is 0.164 e. The molecule has 2 rings (SSSR count). The number of ether oxygens (including phenoxy) is 1. The van der Waals surface area contributed by atoms with Gasteiger partial charge in [-0.15, -0.1) is 0 Å². The van der Waals surface area contributed by atoms with E-state index in [2.05, 4.69) is 0 Å². The number of sulfone groups is 1. The van der Waals surface area contributed by atoms with Gasteiger partial charge in [-0.05, 0) is 0 Å². The lowest BCUT2D eigenvalue weighted by molar-refractivity contribution is 0.239. The van der Waals surface area contributed by atoms with E-state index in [4.69, 9.17) is 4.74 Å². The minimum absolute atomic E-state index is 0.280. The van der Waals surface area contributed by atoms with Crippen LogP contribution in [0, 0.1) is 0 Å².